The van der Waals surface area contributed by atoms with Crippen LogP contribution in [0.15, 0.2) is 194 Å². The van der Waals surface area contributed by atoms with Crippen LogP contribution >= 0.6 is 0 Å². The smallest absolute Gasteiger partial charge is 0.164 e. The molecule has 0 saturated carbocycles. The molecule has 0 fully saturated rings. The van der Waals surface area contributed by atoms with Crippen molar-refractivity contribution in [3.63, 3.8) is 0 Å². The van der Waals surface area contributed by atoms with Gasteiger partial charge < -0.3 is 4.57 Å². The topological polar surface area (TPSA) is 43.6 Å². The summed E-state index contributed by atoms with van der Waals surface area (Å²) < 4.78 is 2.32. The van der Waals surface area contributed by atoms with E-state index < -0.39 is 0 Å². The third kappa shape index (κ3) is 5.45. The normalized spacial score (nSPS) is 11.4. The first-order chi connectivity index (χ1) is 26.3. The highest BCUT2D eigenvalue weighted by molar-refractivity contribution is 6.09. The zero-order valence-corrected chi connectivity index (χ0v) is 28.8. The fourth-order valence-corrected chi connectivity index (χ4v) is 7.55. The van der Waals surface area contributed by atoms with Gasteiger partial charge in [0.25, 0.3) is 0 Å². The first-order valence-electron chi connectivity index (χ1n) is 17.9. The van der Waals surface area contributed by atoms with Crippen molar-refractivity contribution in [3.8, 4) is 62.1 Å². The molecule has 0 radical (unpaired) electrons. The van der Waals surface area contributed by atoms with Gasteiger partial charge in [-0.05, 0) is 69.4 Å². The standard InChI is InChI=1S/C49H32N4/c1-3-13-33(14-4-1)40-21-11-17-35-18-12-22-41(46(35)40)34-25-27-37(28-26-34)48-50-47(36-15-5-2-6-16-36)51-49(52-48)38-29-31-39(32-30-38)53-44-23-9-7-19-42(44)43-20-8-10-24-45(43)53/h1-32H. The maximum absolute atomic E-state index is 5.07. The van der Waals surface area contributed by atoms with Crippen LogP contribution in [0.2, 0.25) is 0 Å². The molecule has 2 heterocycles. The summed E-state index contributed by atoms with van der Waals surface area (Å²) in [5.41, 5.74) is 11.0. The zero-order valence-electron chi connectivity index (χ0n) is 28.8. The lowest BCUT2D eigenvalue weighted by Gasteiger charge is -2.13. The van der Waals surface area contributed by atoms with Gasteiger partial charge in [0.2, 0.25) is 0 Å². The van der Waals surface area contributed by atoms with Gasteiger partial charge in [-0.2, -0.15) is 0 Å². The Bertz CT molecular complexity index is 2850. The first kappa shape index (κ1) is 30.6. The maximum atomic E-state index is 5.07. The van der Waals surface area contributed by atoms with Crippen LogP contribution in [0.4, 0.5) is 0 Å². The van der Waals surface area contributed by atoms with E-state index in [1.54, 1.807) is 0 Å². The molecule has 10 rings (SSSR count). The molecular weight excluding hydrogens is 645 g/mol. The van der Waals surface area contributed by atoms with Crippen molar-refractivity contribution < 1.29 is 0 Å². The summed E-state index contributed by atoms with van der Waals surface area (Å²) in [7, 11) is 0. The Morgan fingerprint density at radius 1 is 0.302 bits per heavy atom. The van der Waals surface area contributed by atoms with E-state index >= 15 is 0 Å². The second-order valence-electron chi connectivity index (χ2n) is 13.2. The van der Waals surface area contributed by atoms with Gasteiger partial charge in [-0.3, -0.25) is 0 Å². The van der Waals surface area contributed by atoms with Crippen LogP contribution in [0.3, 0.4) is 0 Å². The quantitative estimate of drug-likeness (QED) is 0.176. The zero-order chi connectivity index (χ0) is 35.1. The molecule has 4 nitrogen and oxygen atoms in total. The van der Waals surface area contributed by atoms with Crippen LogP contribution in [0, 0.1) is 0 Å². The molecule has 4 heteroatoms. The SMILES string of the molecule is c1ccc(-c2nc(-c3ccc(-c4cccc5cccc(-c6ccccc6)c45)cc3)nc(-c3ccc(-n4c5ccccc5c5ccccc54)cc3)n2)cc1. The molecule has 0 atom stereocenters. The number of aromatic nitrogens is 4. The van der Waals surface area contributed by atoms with E-state index in [-0.39, 0.29) is 0 Å². The first-order valence-corrected chi connectivity index (χ1v) is 17.9. The third-order valence-electron chi connectivity index (χ3n) is 10.1. The Hall–Kier alpha value is -7.17. The second-order valence-corrected chi connectivity index (χ2v) is 13.2. The Morgan fingerprint density at radius 3 is 1.23 bits per heavy atom. The van der Waals surface area contributed by atoms with E-state index in [1.807, 2.05) is 30.3 Å². The van der Waals surface area contributed by atoms with Gasteiger partial charge in [-0.15, -0.1) is 0 Å². The van der Waals surface area contributed by atoms with E-state index in [0.29, 0.717) is 17.5 Å². The van der Waals surface area contributed by atoms with Crippen molar-refractivity contribution in [1.82, 2.24) is 19.5 Å². The van der Waals surface area contributed by atoms with Crippen molar-refractivity contribution in [2.24, 2.45) is 0 Å². The van der Waals surface area contributed by atoms with Crippen LogP contribution in [0.1, 0.15) is 0 Å². The summed E-state index contributed by atoms with van der Waals surface area (Å²) in [5, 5.41) is 4.94. The summed E-state index contributed by atoms with van der Waals surface area (Å²) in [6, 6.07) is 68.1. The van der Waals surface area contributed by atoms with E-state index in [9.17, 15) is 0 Å². The van der Waals surface area contributed by atoms with Gasteiger partial charge in [0.15, 0.2) is 17.5 Å². The summed E-state index contributed by atoms with van der Waals surface area (Å²) in [6.07, 6.45) is 0. The van der Waals surface area contributed by atoms with Gasteiger partial charge in [0, 0.05) is 33.2 Å². The lowest BCUT2D eigenvalue weighted by Crippen LogP contribution is -2.00. The molecule has 0 unspecified atom stereocenters. The monoisotopic (exact) mass is 676 g/mol. The van der Waals surface area contributed by atoms with E-state index in [4.69, 9.17) is 15.0 Å². The molecule has 0 aliphatic heterocycles. The molecular formula is C49H32N4. The second kappa shape index (κ2) is 12.9. The van der Waals surface area contributed by atoms with Gasteiger partial charge in [-0.1, -0.05) is 158 Å². The fourth-order valence-electron chi connectivity index (χ4n) is 7.55. The van der Waals surface area contributed by atoms with Gasteiger partial charge in [0.1, 0.15) is 0 Å². The van der Waals surface area contributed by atoms with Crippen molar-refractivity contribution in [2.75, 3.05) is 0 Å². The van der Waals surface area contributed by atoms with E-state index in [0.717, 1.165) is 27.9 Å². The number of nitrogens with zero attached hydrogens (tertiary/aromatic N) is 4. The number of benzene rings is 8. The molecule has 0 aliphatic rings. The van der Waals surface area contributed by atoms with Crippen LogP contribution < -0.4 is 0 Å². The molecule has 53 heavy (non-hydrogen) atoms. The number of hydrogen-bond donors (Lipinski definition) is 0. The van der Waals surface area contributed by atoms with Gasteiger partial charge >= 0.3 is 0 Å². The minimum atomic E-state index is 0.633. The third-order valence-corrected chi connectivity index (χ3v) is 10.1. The van der Waals surface area contributed by atoms with Gasteiger partial charge in [-0.25, -0.2) is 15.0 Å². The summed E-state index contributed by atoms with van der Waals surface area (Å²) in [4.78, 5) is 15.1. The van der Waals surface area contributed by atoms with E-state index in [2.05, 4.69) is 168 Å². The fraction of sp³-hybridized carbons (Fsp3) is 0. The van der Waals surface area contributed by atoms with Crippen molar-refractivity contribution in [2.45, 2.75) is 0 Å². The Morgan fingerprint density at radius 2 is 0.698 bits per heavy atom. The Balaban J connectivity index is 1.06. The lowest BCUT2D eigenvalue weighted by molar-refractivity contribution is 1.07. The number of fused-ring (bicyclic) bond motifs is 4. The largest absolute Gasteiger partial charge is 0.309 e. The van der Waals surface area contributed by atoms with Crippen LogP contribution in [0.5, 0.6) is 0 Å². The molecule has 2 aromatic heterocycles. The molecule has 248 valence electrons. The summed E-state index contributed by atoms with van der Waals surface area (Å²) in [6.45, 7) is 0. The molecule has 0 saturated heterocycles. The number of rotatable bonds is 6. The highest BCUT2D eigenvalue weighted by Gasteiger charge is 2.16. The minimum Gasteiger partial charge on any atom is -0.309 e. The Labute approximate surface area is 307 Å². The van der Waals surface area contributed by atoms with Crippen LogP contribution in [-0.4, -0.2) is 19.5 Å². The Kier molecular flexibility index (Phi) is 7.43. The van der Waals surface area contributed by atoms with E-state index in [1.165, 1.54) is 49.3 Å². The predicted molar refractivity (Wildman–Crippen MR) is 219 cm³/mol. The van der Waals surface area contributed by atoms with Crippen molar-refractivity contribution >= 4 is 32.6 Å². The lowest BCUT2D eigenvalue weighted by atomic mass is 9.91. The van der Waals surface area contributed by atoms with Crippen LogP contribution in [-0.2, 0) is 0 Å². The van der Waals surface area contributed by atoms with Crippen LogP contribution in [0.25, 0.3) is 94.7 Å². The van der Waals surface area contributed by atoms with Crippen molar-refractivity contribution in [1.29, 1.82) is 0 Å². The molecule has 8 aromatic carbocycles. The average molecular weight is 677 g/mol. The minimum absolute atomic E-state index is 0.633. The number of hydrogen-bond acceptors (Lipinski definition) is 3. The molecule has 0 aliphatic carbocycles. The summed E-state index contributed by atoms with van der Waals surface area (Å²) in [5.74, 6) is 1.91. The molecule has 0 bridgehead atoms. The highest BCUT2D eigenvalue weighted by atomic mass is 15.0. The molecule has 0 spiro atoms. The predicted octanol–water partition coefficient (Wildman–Crippen LogP) is 12.5. The summed E-state index contributed by atoms with van der Waals surface area (Å²) >= 11 is 0. The van der Waals surface area contributed by atoms with Gasteiger partial charge in [0.05, 0.1) is 11.0 Å². The molecule has 0 amide bonds. The molecule has 10 aromatic rings. The highest BCUT2D eigenvalue weighted by Crippen LogP contribution is 2.38. The molecule has 0 N–H and O–H groups in total. The number of para-hydroxylation sites is 2. The van der Waals surface area contributed by atoms with Crippen molar-refractivity contribution in [3.05, 3.63) is 194 Å². The average Bonchev–Trinajstić information content (AvgIpc) is 3.58. The maximum Gasteiger partial charge on any atom is 0.164 e.